The van der Waals surface area contributed by atoms with Crippen molar-refractivity contribution in [1.82, 2.24) is 5.32 Å². The fraction of sp³-hybridized carbons (Fsp3) is 0.500. The van der Waals surface area contributed by atoms with Crippen LogP contribution >= 0.6 is 11.6 Å². The smallest absolute Gasteiger partial charge is 0.346 e. The van der Waals surface area contributed by atoms with Crippen molar-refractivity contribution < 1.29 is 31.1 Å². The Kier molecular flexibility index (Phi) is 6.02. The first-order chi connectivity index (χ1) is 10.9. The summed E-state index contributed by atoms with van der Waals surface area (Å²) < 4.78 is 80.3. The molecule has 0 aromatic heterocycles. The van der Waals surface area contributed by atoms with E-state index in [4.69, 9.17) is 11.6 Å². The molecular formula is C14H15ClF6N2O. The molecule has 2 N–H and O–H groups in total. The number of carbonyl (C=O) groups excluding carboxylic acids is 1. The topological polar surface area (TPSA) is 41.1 Å². The quantitative estimate of drug-likeness (QED) is 0.576. The molecule has 0 aliphatic carbocycles. The van der Waals surface area contributed by atoms with E-state index in [2.05, 4.69) is 0 Å². The SMILES string of the molecule is CCC(C)C(=O)NC(Nc1ccccc1Cl)(C(F)(F)F)C(F)(F)F. The van der Waals surface area contributed by atoms with Gasteiger partial charge >= 0.3 is 18.0 Å². The summed E-state index contributed by atoms with van der Waals surface area (Å²) in [6.45, 7) is 2.69. The van der Waals surface area contributed by atoms with Crippen molar-refractivity contribution in [1.29, 1.82) is 0 Å². The van der Waals surface area contributed by atoms with Crippen LogP contribution < -0.4 is 10.6 Å². The van der Waals surface area contributed by atoms with Crippen LogP contribution in [-0.4, -0.2) is 23.9 Å². The molecule has 1 atom stereocenters. The second-order valence-electron chi connectivity index (χ2n) is 5.15. The lowest BCUT2D eigenvalue weighted by atomic mass is 10.0. The van der Waals surface area contributed by atoms with Gasteiger partial charge in [0.2, 0.25) is 5.91 Å². The van der Waals surface area contributed by atoms with Crippen molar-refractivity contribution in [2.45, 2.75) is 38.3 Å². The molecule has 3 nitrogen and oxygen atoms in total. The van der Waals surface area contributed by atoms with Crippen LogP contribution in [0, 0.1) is 5.92 Å². The highest BCUT2D eigenvalue weighted by Gasteiger charge is 2.72. The van der Waals surface area contributed by atoms with E-state index in [0.29, 0.717) is 0 Å². The van der Waals surface area contributed by atoms with Crippen LogP contribution in [0.3, 0.4) is 0 Å². The Labute approximate surface area is 139 Å². The summed E-state index contributed by atoms with van der Waals surface area (Å²) in [6, 6.07) is 4.62. The van der Waals surface area contributed by atoms with Crippen molar-refractivity contribution in [3.05, 3.63) is 29.3 Å². The highest BCUT2D eigenvalue weighted by atomic mass is 35.5. The van der Waals surface area contributed by atoms with Crippen LogP contribution in [-0.2, 0) is 4.79 Å². The lowest BCUT2D eigenvalue weighted by molar-refractivity contribution is -0.296. The highest BCUT2D eigenvalue weighted by molar-refractivity contribution is 6.33. The van der Waals surface area contributed by atoms with Crippen LogP contribution in [0.5, 0.6) is 0 Å². The largest absolute Gasteiger partial charge is 0.439 e. The van der Waals surface area contributed by atoms with Gasteiger partial charge in [-0.2, -0.15) is 26.3 Å². The number of nitrogens with one attached hydrogen (secondary N) is 2. The number of rotatable bonds is 5. The summed E-state index contributed by atoms with van der Waals surface area (Å²) in [5.41, 5.74) is -5.27. The van der Waals surface area contributed by atoms with Crippen molar-refractivity contribution in [3.63, 3.8) is 0 Å². The van der Waals surface area contributed by atoms with E-state index in [1.165, 1.54) is 31.3 Å². The van der Waals surface area contributed by atoms with Gasteiger partial charge in [-0.05, 0) is 18.6 Å². The van der Waals surface area contributed by atoms with Crippen molar-refractivity contribution >= 4 is 23.2 Å². The maximum atomic E-state index is 13.4. The van der Waals surface area contributed by atoms with Gasteiger partial charge in [0.1, 0.15) is 0 Å². The van der Waals surface area contributed by atoms with Crippen LogP contribution in [0.4, 0.5) is 32.0 Å². The highest BCUT2D eigenvalue weighted by Crippen LogP contribution is 2.44. The molecule has 0 radical (unpaired) electrons. The van der Waals surface area contributed by atoms with Crippen LogP contribution in [0.25, 0.3) is 0 Å². The molecule has 0 spiro atoms. The van der Waals surface area contributed by atoms with E-state index in [1.54, 1.807) is 0 Å². The Morgan fingerprint density at radius 2 is 1.62 bits per heavy atom. The normalized spacial score (nSPS) is 14.2. The molecule has 0 saturated carbocycles. The Balaban J connectivity index is 3.43. The van der Waals surface area contributed by atoms with Gasteiger partial charge in [-0.3, -0.25) is 4.79 Å². The average molecular weight is 377 g/mol. The van der Waals surface area contributed by atoms with Gasteiger partial charge in [-0.1, -0.05) is 37.6 Å². The average Bonchev–Trinajstić information content (AvgIpc) is 2.45. The zero-order chi connectivity index (χ0) is 18.8. The first kappa shape index (κ1) is 20.4. The van der Waals surface area contributed by atoms with E-state index in [9.17, 15) is 31.1 Å². The van der Waals surface area contributed by atoms with Crippen molar-refractivity contribution in [2.75, 3.05) is 5.32 Å². The van der Waals surface area contributed by atoms with Crippen molar-refractivity contribution in [2.24, 2.45) is 5.92 Å². The Bertz CT molecular complexity index is 573. The zero-order valence-corrected chi connectivity index (χ0v) is 13.4. The fourth-order valence-electron chi connectivity index (χ4n) is 1.73. The summed E-state index contributed by atoms with van der Waals surface area (Å²) in [4.78, 5) is 11.8. The minimum atomic E-state index is -5.87. The van der Waals surface area contributed by atoms with Gasteiger partial charge in [0.05, 0.1) is 10.7 Å². The number of anilines is 1. The number of para-hydroxylation sites is 1. The van der Waals surface area contributed by atoms with Gasteiger partial charge in [0.15, 0.2) is 0 Å². The predicted octanol–water partition coefficient (Wildman–Crippen LogP) is 4.74. The molecule has 10 heteroatoms. The number of amides is 1. The predicted molar refractivity (Wildman–Crippen MR) is 77.5 cm³/mol. The molecule has 1 aromatic carbocycles. The fourth-order valence-corrected chi connectivity index (χ4v) is 1.92. The minimum absolute atomic E-state index is 0.0731. The maximum Gasteiger partial charge on any atom is 0.439 e. The van der Waals surface area contributed by atoms with Crippen LogP contribution in [0.15, 0.2) is 24.3 Å². The van der Waals surface area contributed by atoms with Gasteiger partial charge < -0.3 is 10.6 Å². The molecule has 136 valence electrons. The third-order valence-electron chi connectivity index (χ3n) is 3.42. The van der Waals surface area contributed by atoms with Crippen LogP contribution in [0.1, 0.15) is 20.3 Å². The summed E-state index contributed by atoms with van der Waals surface area (Å²) in [6.07, 6.45) is -11.7. The molecule has 0 aliphatic heterocycles. The molecule has 1 aromatic rings. The van der Waals surface area contributed by atoms with E-state index in [1.807, 2.05) is 0 Å². The number of benzene rings is 1. The molecule has 24 heavy (non-hydrogen) atoms. The summed E-state index contributed by atoms with van der Waals surface area (Å²) in [7, 11) is 0. The second kappa shape index (κ2) is 7.08. The maximum absolute atomic E-state index is 13.4. The molecule has 0 bridgehead atoms. The van der Waals surface area contributed by atoms with E-state index in [0.717, 1.165) is 17.4 Å². The summed E-state index contributed by atoms with van der Waals surface area (Å²) in [5.74, 6) is -2.42. The van der Waals surface area contributed by atoms with E-state index < -0.39 is 35.5 Å². The monoisotopic (exact) mass is 376 g/mol. The second-order valence-corrected chi connectivity index (χ2v) is 5.56. The van der Waals surface area contributed by atoms with Gasteiger partial charge in [0, 0.05) is 5.92 Å². The Morgan fingerprint density at radius 3 is 2.04 bits per heavy atom. The van der Waals surface area contributed by atoms with Crippen LogP contribution in [0.2, 0.25) is 5.02 Å². The van der Waals surface area contributed by atoms with E-state index >= 15 is 0 Å². The lowest BCUT2D eigenvalue weighted by Crippen LogP contribution is -2.72. The van der Waals surface area contributed by atoms with Gasteiger partial charge in [-0.15, -0.1) is 0 Å². The molecular weight excluding hydrogens is 362 g/mol. The number of alkyl halides is 6. The standard InChI is InChI=1S/C14H15ClF6N2O/c1-3-8(2)11(24)23-12(13(16,17)18,14(19,20)21)22-10-7-5-4-6-9(10)15/h4-8,22H,3H2,1-2H3,(H,23,24). The van der Waals surface area contributed by atoms with Gasteiger partial charge in [0.25, 0.3) is 0 Å². The molecule has 0 saturated heterocycles. The Morgan fingerprint density at radius 1 is 1.12 bits per heavy atom. The van der Waals surface area contributed by atoms with Gasteiger partial charge in [-0.25, -0.2) is 0 Å². The summed E-state index contributed by atoms with van der Waals surface area (Å²) >= 11 is 5.65. The molecule has 0 fully saturated rings. The number of halogens is 7. The van der Waals surface area contributed by atoms with Crippen molar-refractivity contribution in [3.8, 4) is 0 Å². The third-order valence-corrected chi connectivity index (χ3v) is 3.75. The summed E-state index contributed by atoms with van der Waals surface area (Å²) in [5, 5.41) is 2.06. The molecule has 0 aliphatic rings. The zero-order valence-electron chi connectivity index (χ0n) is 12.6. The molecule has 1 rings (SSSR count). The third kappa shape index (κ3) is 4.06. The Hall–Kier alpha value is -1.64. The van der Waals surface area contributed by atoms with E-state index in [-0.39, 0.29) is 11.4 Å². The molecule has 1 amide bonds. The first-order valence-electron chi connectivity index (χ1n) is 6.84. The molecule has 0 heterocycles. The minimum Gasteiger partial charge on any atom is -0.346 e. The first-order valence-corrected chi connectivity index (χ1v) is 7.21. The number of hydrogen-bond donors (Lipinski definition) is 2. The lowest BCUT2D eigenvalue weighted by Gasteiger charge is -2.39. The number of hydrogen-bond acceptors (Lipinski definition) is 2. The molecule has 1 unspecified atom stereocenters. The number of carbonyl (C=O) groups is 1.